The molecule has 3 nitrogen and oxygen atoms in total. The highest BCUT2D eigenvalue weighted by Crippen LogP contribution is 2.35. The van der Waals surface area contributed by atoms with Crippen molar-refractivity contribution in [3.63, 3.8) is 0 Å². The molecule has 0 saturated heterocycles. The number of nitrogens with one attached hydrogen (secondary N) is 1. The topological polar surface area (TPSA) is 32.3 Å². The van der Waals surface area contributed by atoms with Gasteiger partial charge in [0, 0.05) is 12.0 Å². The van der Waals surface area contributed by atoms with Crippen LogP contribution in [-0.4, -0.2) is 30.9 Å². The fourth-order valence-electron chi connectivity index (χ4n) is 3.10. The van der Waals surface area contributed by atoms with Crippen molar-refractivity contribution in [2.75, 3.05) is 20.1 Å². The van der Waals surface area contributed by atoms with Crippen molar-refractivity contribution in [2.45, 2.75) is 33.2 Å². The number of carbonyl (C=O) groups is 1. The summed E-state index contributed by atoms with van der Waals surface area (Å²) >= 11 is 0. The molecule has 0 fully saturated rings. The highest BCUT2D eigenvalue weighted by atomic mass is 16.2. The monoisotopic (exact) mass is 326 g/mol. The van der Waals surface area contributed by atoms with Crippen LogP contribution in [0.1, 0.15) is 38.8 Å². The van der Waals surface area contributed by atoms with Gasteiger partial charge in [-0.25, -0.2) is 0 Å². The summed E-state index contributed by atoms with van der Waals surface area (Å²) in [5.41, 5.74) is 0.778. The zero-order chi connectivity index (χ0) is 17.6. The van der Waals surface area contributed by atoms with E-state index in [2.05, 4.69) is 62.5 Å². The Labute approximate surface area is 146 Å². The van der Waals surface area contributed by atoms with Gasteiger partial charge in [-0.15, -0.1) is 0 Å². The molecule has 0 saturated carbocycles. The third-order valence-corrected chi connectivity index (χ3v) is 5.13. The lowest BCUT2D eigenvalue weighted by Gasteiger charge is -2.39. The van der Waals surface area contributed by atoms with E-state index in [1.807, 2.05) is 30.1 Å². The van der Waals surface area contributed by atoms with E-state index in [0.717, 1.165) is 13.0 Å². The molecular formula is C21H30N2O. The van der Waals surface area contributed by atoms with Gasteiger partial charge in [-0.05, 0) is 31.5 Å². The molecule has 1 amide bonds. The van der Waals surface area contributed by atoms with Gasteiger partial charge >= 0.3 is 0 Å². The number of carbonyl (C=O) groups excluding carboxylic acids is 1. The van der Waals surface area contributed by atoms with Gasteiger partial charge in [0.1, 0.15) is 0 Å². The van der Waals surface area contributed by atoms with E-state index < -0.39 is 5.41 Å². The molecule has 2 unspecified atom stereocenters. The minimum atomic E-state index is -0.421. The van der Waals surface area contributed by atoms with Crippen molar-refractivity contribution in [2.24, 2.45) is 11.3 Å². The summed E-state index contributed by atoms with van der Waals surface area (Å²) in [6, 6.07) is 10.5. The van der Waals surface area contributed by atoms with Crippen molar-refractivity contribution in [1.82, 2.24) is 10.2 Å². The standard InChI is InChI=1S/C21H30N2O/c1-17-11-7-6-10-16-23(20(24)21(17,2)3)19(14-15-22-4)18-12-8-5-9-13-18/h5-13,17,19,22H,14-16H2,1-4H3/b10-6-,11-7-. The first-order chi connectivity index (χ1) is 11.5. The molecule has 1 N–H and O–H groups in total. The van der Waals surface area contributed by atoms with Gasteiger partial charge in [-0.3, -0.25) is 4.79 Å². The lowest BCUT2D eigenvalue weighted by atomic mass is 9.78. The quantitative estimate of drug-likeness (QED) is 0.888. The van der Waals surface area contributed by atoms with Crippen molar-refractivity contribution < 1.29 is 4.79 Å². The molecule has 130 valence electrons. The molecule has 0 aromatic heterocycles. The molecular weight excluding hydrogens is 296 g/mol. The second-order valence-corrected chi connectivity index (χ2v) is 7.10. The lowest BCUT2D eigenvalue weighted by Crippen LogP contribution is -2.46. The van der Waals surface area contributed by atoms with Crippen LogP contribution in [0.2, 0.25) is 0 Å². The van der Waals surface area contributed by atoms with Crippen molar-refractivity contribution >= 4 is 5.91 Å². The summed E-state index contributed by atoms with van der Waals surface area (Å²) in [7, 11) is 1.96. The SMILES string of the molecule is CNCCC(c1ccccc1)N1C/C=C\C=C/C(C)C(C)(C)C1=O. The Bertz CT molecular complexity index is 589. The van der Waals surface area contributed by atoms with E-state index in [0.29, 0.717) is 6.54 Å². The molecule has 1 aliphatic heterocycles. The van der Waals surface area contributed by atoms with Crippen LogP contribution in [0.25, 0.3) is 0 Å². The van der Waals surface area contributed by atoms with E-state index >= 15 is 0 Å². The molecule has 0 spiro atoms. The average Bonchev–Trinajstić information content (AvgIpc) is 2.63. The molecule has 1 heterocycles. The predicted octanol–water partition coefficient (Wildman–Crippen LogP) is 3.95. The predicted molar refractivity (Wildman–Crippen MR) is 101 cm³/mol. The van der Waals surface area contributed by atoms with Crippen molar-refractivity contribution in [3.8, 4) is 0 Å². The molecule has 2 rings (SSSR count). The van der Waals surface area contributed by atoms with Gasteiger partial charge in [-0.1, -0.05) is 75.4 Å². The van der Waals surface area contributed by atoms with E-state index in [4.69, 9.17) is 0 Å². The maximum Gasteiger partial charge on any atom is 0.229 e. The second-order valence-electron chi connectivity index (χ2n) is 7.10. The summed E-state index contributed by atoms with van der Waals surface area (Å²) < 4.78 is 0. The Morgan fingerprint density at radius 3 is 2.62 bits per heavy atom. The number of hydrogen-bond acceptors (Lipinski definition) is 2. The number of amides is 1. The van der Waals surface area contributed by atoms with Gasteiger partial charge < -0.3 is 10.2 Å². The van der Waals surface area contributed by atoms with Gasteiger partial charge in [-0.2, -0.15) is 0 Å². The highest BCUT2D eigenvalue weighted by molar-refractivity contribution is 5.83. The van der Waals surface area contributed by atoms with Crippen LogP contribution in [0.15, 0.2) is 54.6 Å². The first-order valence-corrected chi connectivity index (χ1v) is 8.82. The fourth-order valence-corrected chi connectivity index (χ4v) is 3.10. The average molecular weight is 326 g/mol. The molecule has 1 aromatic rings. The minimum absolute atomic E-state index is 0.0837. The lowest BCUT2D eigenvalue weighted by molar-refractivity contribution is -0.144. The number of nitrogens with zero attached hydrogens (tertiary/aromatic N) is 1. The zero-order valence-electron chi connectivity index (χ0n) is 15.3. The first-order valence-electron chi connectivity index (χ1n) is 8.82. The Balaban J connectivity index is 2.40. The first kappa shape index (κ1) is 18.5. The number of rotatable bonds is 5. The Kier molecular flexibility index (Phi) is 6.38. The van der Waals surface area contributed by atoms with Gasteiger partial charge in [0.05, 0.1) is 6.04 Å². The van der Waals surface area contributed by atoms with Crippen LogP contribution < -0.4 is 5.32 Å². The van der Waals surface area contributed by atoms with E-state index in [1.165, 1.54) is 5.56 Å². The number of benzene rings is 1. The van der Waals surface area contributed by atoms with Crippen molar-refractivity contribution in [3.05, 3.63) is 60.2 Å². The summed E-state index contributed by atoms with van der Waals surface area (Å²) in [6.07, 6.45) is 9.23. The number of hydrogen-bond donors (Lipinski definition) is 1. The second kappa shape index (κ2) is 8.29. The van der Waals surface area contributed by atoms with Gasteiger partial charge in [0.2, 0.25) is 5.91 Å². The fraction of sp³-hybridized carbons (Fsp3) is 0.476. The summed E-state index contributed by atoms with van der Waals surface area (Å²) in [5, 5.41) is 3.22. The third-order valence-electron chi connectivity index (χ3n) is 5.13. The Morgan fingerprint density at radius 2 is 1.96 bits per heavy atom. The largest absolute Gasteiger partial charge is 0.331 e. The van der Waals surface area contributed by atoms with E-state index in [-0.39, 0.29) is 17.9 Å². The number of allylic oxidation sites excluding steroid dienone is 3. The molecule has 24 heavy (non-hydrogen) atoms. The molecule has 2 atom stereocenters. The highest BCUT2D eigenvalue weighted by Gasteiger charge is 2.38. The van der Waals surface area contributed by atoms with Crippen molar-refractivity contribution in [1.29, 1.82) is 0 Å². The molecule has 0 bridgehead atoms. The maximum atomic E-state index is 13.4. The maximum absolute atomic E-state index is 13.4. The van der Waals surface area contributed by atoms with Crippen LogP contribution in [0.4, 0.5) is 0 Å². The summed E-state index contributed by atoms with van der Waals surface area (Å²) in [4.78, 5) is 15.4. The smallest absolute Gasteiger partial charge is 0.229 e. The summed E-state index contributed by atoms with van der Waals surface area (Å²) in [6.45, 7) is 7.76. The zero-order valence-corrected chi connectivity index (χ0v) is 15.3. The third kappa shape index (κ3) is 4.15. The molecule has 3 heteroatoms. The van der Waals surface area contributed by atoms with E-state index in [1.54, 1.807) is 0 Å². The van der Waals surface area contributed by atoms with Crippen LogP contribution in [0.3, 0.4) is 0 Å². The molecule has 0 aliphatic carbocycles. The molecule has 0 radical (unpaired) electrons. The van der Waals surface area contributed by atoms with Gasteiger partial charge in [0.25, 0.3) is 0 Å². The normalized spacial score (nSPS) is 24.6. The van der Waals surface area contributed by atoms with Crippen LogP contribution in [0, 0.1) is 11.3 Å². The van der Waals surface area contributed by atoms with E-state index in [9.17, 15) is 4.79 Å². The van der Waals surface area contributed by atoms with Gasteiger partial charge in [0.15, 0.2) is 0 Å². The molecule has 1 aliphatic rings. The van der Waals surface area contributed by atoms with Crippen LogP contribution in [-0.2, 0) is 4.79 Å². The Morgan fingerprint density at radius 1 is 1.25 bits per heavy atom. The molecule has 1 aromatic carbocycles. The Hall–Kier alpha value is -1.87. The minimum Gasteiger partial charge on any atom is -0.331 e. The van der Waals surface area contributed by atoms with Crippen LogP contribution >= 0.6 is 0 Å². The summed E-state index contributed by atoms with van der Waals surface area (Å²) in [5.74, 6) is 0.409. The van der Waals surface area contributed by atoms with Crippen LogP contribution in [0.5, 0.6) is 0 Å².